The van der Waals surface area contributed by atoms with Crippen molar-refractivity contribution in [3.05, 3.63) is 30.6 Å². The topological polar surface area (TPSA) is 82.9 Å². The molecule has 0 bridgehead atoms. The van der Waals surface area contributed by atoms with Gasteiger partial charge in [-0.25, -0.2) is 4.98 Å². The van der Waals surface area contributed by atoms with E-state index in [9.17, 15) is 4.79 Å². The van der Waals surface area contributed by atoms with Crippen LogP contribution in [0.4, 0.5) is 0 Å². The van der Waals surface area contributed by atoms with E-state index in [0.29, 0.717) is 6.42 Å². The maximum Gasteiger partial charge on any atom is 0.222 e. The fourth-order valence-electron chi connectivity index (χ4n) is 2.66. The summed E-state index contributed by atoms with van der Waals surface area (Å²) in [4.78, 5) is 20.6. The lowest BCUT2D eigenvalue weighted by atomic mass is 10.2. The molecule has 8 heteroatoms. The number of aryl methyl sites for hydroxylation is 1. The third-order valence-corrected chi connectivity index (χ3v) is 3.90. The fourth-order valence-corrected chi connectivity index (χ4v) is 2.66. The molecule has 0 aromatic carbocycles. The number of nitrogens with zero attached hydrogens (tertiary/aromatic N) is 6. The molecule has 0 aliphatic carbocycles. The van der Waals surface area contributed by atoms with E-state index in [0.717, 1.165) is 51.5 Å². The van der Waals surface area contributed by atoms with Gasteiger partial charge < -0.3 is 4.90 Å². The SMILES string of the molecule is O=C(CCCn1cccn1)N1CCN(Cc2ncn[nH]2)CC1. The summed E-state index contributed by atoms with van der Waals surface area (Å²) in [6.07, 6.45) is 6.62. The molecule has 22 heavy (non-hydrogen) atoms. The van der Waals surface area contributed by atoms with Gasteiger partial charge in [-0.3, -0.25) is 19.5 Å². The van der Waals surface area contributed by atoms with Gasteiger partial charge in [0.25, 0.3) is 0 Å². The molecular weight excluding hydrogens is 282 g/mol. The molecular formula is C14H21N7O. The molecule has 1 amide bonds. The van der Waals surface area contributed by atoms with E-state index >= 15 is 0 Å². The van der Waals surface area contributed by atoms with Crippen molar-refractivity contribution in [2.45, 2.75) is 25.9 Å². The lowest BCUT2D eigenvalue weighted by Crippen LogP contribution is -2.48. The van der Waals surface area contributed by atoms with Crippen LogP contribution in [0.1, 0.15) is 18.7 Å². The highest BCUT2D eigenvalue weighted by atomic mass is 16.2. The number of hydrogen-bond donors (Lipinski definition) is 1. The van der Waals surface area contributed by atoms with Gasteiger partial charge in [-0.15, -0.1) is 0 Å². The van der Waals surface area contributed by atoms with E-state index < -0.39 is 0 Å². The molecule has 0 saturated carbocycles. The number of carbonyl (C=O) groups excluding carboxylic acids is 1. The van der Waals surface area contributed by atoms with Gasteiger partial charge >= 0.3 is 0 Å². The van der Waals surface area contributed by atoms with Crippen LogP contribution in [0.3, 0.4) is 0 Å². The molecule has 0 atom stereocenters. The number of H-pyrrole nitrogens is 1. The van der Waals surface area contributed by atoms with E-state index in [-0.39, 0.29) is 5.91 Å². The van der Waals surface area contributed by atoms with Crippen LogP contribution in [-0.4, -0.2) is 66.8 Å². The zero-order valence-electron chi connectivity index (χ0n) is 12.6. The molecule has 118 valence electrons. The smallest absolute Gasteiger partial charge is 0.222 e. The quantitative estimate of drug-likeness (QED) is 0.820. The van der Waals surface area contributed by atoms with Crippen LogP contribution in [0.2, 0.25) is 0 Å². The van der Waals surface area contributed by atoms with Gasteiger partial charge in [-0.05, 0) is 12.5 Å². The Labute approximate surface area is 129 Å². The van der Waals surface area contributed by atoms with Gasteiger partial charge in [-0.2, -0.15) is 10.2 Å². The molecule has 1 aliphatic rings. The summed E-state index contributed by atoms with van der Waals surface area (Å²) in [5.41, 5.74) is 0. The number of rotatable bonds is 6. The number of nitrogens with one attached hydrogen (secondary N) is 1. The molecule has 0 radical (unpaired) electrons. The molecule has 0 spiro atoms. The Hall–Kier alpha value is -2.22. The van der Waals surface area contributed by atoms with Gasteiger partial charge in [-0.1, -0.05) is 0 Å². The van der Waals surface area contributed by atoms with Crippen molar-refractivity contribution in [1.82, 2.24) is 34.8 Å². The van der Waals surface area contributed by atoms with E-state index in [1.807, 2.05) is 21.8 Å². The molecule has 2 aromatic rings. The minimum Gasteiger partial charge on any atom is -0.340 e. The summed E-state index contributed by atoms with van der Waals surface area (Å²) in [7, 11) is 0. The Bertz CT molecular complexity index is 558. The van der Waals surface area contributed by atoms with Crippen molar-refractivity contribution in [3.8, 4) is 0 Å². The van der Waals surface area contributed by atoms with Gasteiger partial charge in [0, 0.05) is 51.5 Å². The summed E-state index contributed by atoms with van der Waals surface area (Å²) in [6.45, 7) is 4.90. The Morgan fingerprint density at radius 3 is 2.82 bits per heavy atom. The van der Waals surface area contributed by atoms with Gasteiger partial charge in [0.2, 0.25) is 5.91 Å². The molecule has 3 heterocycles. The first kappa shape index (κ1) is 14.7. The second-order valence-electron chi connectivity index (χ2n) is 5.46. The van der Waals surface area contributed by atoms with Crippen LogP contribution in [0.5, 0.6) is 0 Å². The Balaban J connectivity index is 1.36. The lowest BCUT2D eigenvalue weighted by molar-refractivity contribution is -0.133. The minimum absolute atomic E-state index is 0.242. The lowest BCUT2D eigenvalue weighted by Gasteiger charge is -2.34. The van der Waals surface area contributed by atoms with E-state index in [1.165, 1.54) is 6.33 Å². The van der Waals surface area contributed by atoms with Crippen LogP contribution in [-0.2, 0) is 17.9 Å². The van der Waals surface area contributed by atoms with Crippen LogP contribution < -0.4 is 0 Å². The molecule has 1 saturated heterocycles. The summed E-state index contributed by atoms with van der Waals surface area (Å²) >= 11 is 0. The van der Waals surface area contributed by atoms with Crippen molar-refractivity contribution >= 4 is 5.91 Å². The first-order valence-electron chi connectivity index (χ1n) is 7.63. The number of amides is 1. The Morgan fingerprint density at radius 2 is 2.14 bits per heavy atom. The van der Waals surface area contributed by atoms with Gasteiger partial charge in [0.15, 0.2) is 0 Å². The molecule has 8 nitrogen and oxygen atoms in total. The van der Waals surface area contributed by atoms with E-state index in [4.69, 9.17) is 0 Å². The largest absolute Gasteiger partial charge is 0.340 e. The zero-order chi connectivity index (χ0) is 15.2. The highest BCUT2D eigenvalue weighted by Crippen LogP contribution is 2.08. The summed E-state index contributed by atoms with van der Waals surface area (Å²) in [6, 6.07) is 1.90. The number of piperazine rings is 1. The molecule has 1 aliphatic heterocycles. The number of hydrogen-bond acceptors (Lipinski definition) is 5. The molecule has 1 fully saturated rings. The minimum atomic E-state index is 0.242. The second kappa shape index (κ2) is 7.17. The monoisotopic (exact) mass is 303 g/mol. The highest BCUT2D eigenvalue weighted by molar-refractivity contribution is 5.76. The number of aromatic nitrogens is 5. The first-order valence-corrected chi connectivity index (χ1v) is 7.63. The maximum absolute atomic E-state index is 12.2. The predicted octanol–water partition coefficient (Wildman–Crippen LogP) is 0.126. The predicted molar refractivity (Wildman–Crippen MR) is 79.7 cm³/mol. The third kappa shape index (κ3) is 3.91. The van der Waals surface area contributed by atoms with Crippen molar-refractivity contribution in [3.63, 3.8) is 0 Å². The van der Waals surface area contributed by atoms with Crippen LogP contribution >= 0.6 is 0 Å². The molecule has 3 rings (SSSR count). The van der Waals surface area contributed by atoms with Gasteiger partial charge in [0.05, 0.1) is 6.54 Å². The maximum atomic E-state index is 12.2. The fraction of sp³-hybridized carbons (Fsp3) is 0.571. The Kier molecular flexibility index (Phi) is 4.79. The summed E-state index contributed by atoms with van der Waals surface area (Å²) in [5, 5.41) is 10.9. The first-order chi connectivity index (χ1) is 10.8. The normalized spacial score (nSPS) is 16.1. The van der Waals surface area contributed by atoms with Crippen molar-refractivity contribution in [2.75, 3.05) is 26.2 Å². The average Bonchev–Trinajstić information content (AvgIpc) is 3.21. The van der Waals surface area contributed by atoms with Crippen molar-refractivity contribution < 1.29 is 4.79 Å². The van der Waals surface area contributed by atoms with Crippen molar-refractivity contribution in [2.24, 2.45) is 0 Å². The van der Waals surface area contributed by atoms with Gasteiger partial charge in [0.1, 0.15) is 12.2 Å². The van der Waals surface area contributed by atoms with Crippen molar-refractivity contribution in [1.29, 1.82) is 0 Å². The third-order valence-electron chi connectivity index (χ3n) is 3.90. The van der Waals surface area contributed by atoms with Crippen LogP contribution in [0.15, 0.2) is 24.8 Å². The molecule has 1 N–H and O–H groups in total. The summed E-state index contributed by atoms with van der Waals surface area (Å²) < 4.78 is 1.86. The zero-order valence-corrected chi connectivity index (χ0v) is 12.6. The summed E-state index contributed by atoms with van der Waals surface area (Å²) in [5.74, 6) is 1.12. The molecule has 2 aromatic heterocycles. The van der Waals surface area contributed by atoms with E-state index in [1.54, 1.807) is 6.20 Å². The molecule has 0 unspecified atom stereocenters. The average molecular weight is 303 g/mol. The van der Waals surface area contributed by atoms with Crippen LogP contribution in [0, 0.1) is 0 Å². The van der Waals surface area contributed by atoms with Crippen LogP contribution in [0.25, 0.3) is 0 Å². The van der Waals surface area contributed by atoms with E-state index in [2.05, 4.69) is 25.2 Å². The second-order valence-corrected chi connectivity index (χ2v) is 5.46. The Morgan fingerprint density at radius 1 is 1.27 bits per heavy atom. The highest BCUT2D eigenvalue weighted by Gasteiger charge is 2.21. The standard InChI is InChI=1S/C14H21N7O/c22-14(3-1-5-21-6-2-4-17-21)20-9-7-19(8-10-20)11-13-15-12-16-18-13/h2,4,6,12H,1,3,5,7-11H2,(H,15,16,18). The number of carbonyl (C=O) groups is 1. The number of aromatic amines is 1.